The highest BCUT2D eigenvalue weighted by molar-refractivity contribution is 6.06. The molecule has 0 atom stereocenters. The van der Waals surface area contributed by atoms with Crippen LogP contribution in [0.5, 0.6) is 0 Å². The van der Waals surface area contributed by atoms with Crippen molar-refractivity contribution in [1.29, 1.82) is 0 Å². The Kier molecular flexibility index (Phi) is 6.71. The minimum absolute atomic E-state index is 0.209. The summed E-state index contributed by atoms with van der Waals surface area (Å²) >= 11 is 0. The zero-order valence-corrected chi connectivity index (χ0v) is 16.0. The first-order chi connectivity index (χ1) is 12.8. The van der Waals surface area contributed by atoms with Gasteiger partial charge in [-0.1, -0.05) is 24.3 Å². The van der Waals surface area contributed by atoms with Gasteiger partial charge in [-0.15, -0.1) is 0 Å². The molecule has 6 heteroatoms. The average molecular weight is 368 g/mol. The molecule has 2 amide bonds. The number of ether oxygens (including phenoxy) is 1. The van der Waals surface area contributed by atoms with Crippen molar-refractivity contribution in [2.24, 2.45) is 0 Å². The van der Waals surface area contributed by atoms with Crippen LogP contribution in [0.1, 0.15) is 35.3 Å². The average Bonchev–Trinajstić information content (AvgIpc) is 2.63. The maximum atomic E-state index is 12.5. The van der Waals surface area contributed by atoms with Crippen molar-refractivity contribution in [3.05, 3.63) is 59.2 Å². The molecule has 2 aromatic rings. The Hall–Kier alpha value is -3.15. The number of amides is 2. The first-order valence-electron chi connectivity index (χ1n) is 8.75. The molecule has 0 aromatic heterocycles. The molecule has 0 bridgehead atoms. The summed E-state index contributed by atoms with van der Waals surface area (Å²) in [5.41, 5.74) is 3.31. The molecule has 27 heavy (non-hydrogen) atoms. The molecule has 0 fully saturated rings. The minimum Gasteiger partial charge on any atom is -0.462 e. The number of carbonyl (C=O) groups excluding carboxylic acids is 3. The molecule has 0 heterocycles. The molecule has 0 aliphatic rings. The van der Waals surface area contributed by atoms with Gasteiger partial charge in [0.15, 0.2) is 0 Å². The second-order valence-electron chi connectivity index (χ2n) is 6.14. The Morgan fingerprint density at radius 2 is 1.74 bits per heavy atom. The van der Waals surface area contributed by atoms with Gasteiger partial charge in [0.2, 0.25) is 11.8 Å². The summed E-state index contributed by atoms with van der Waals surface area (Å²) in [6.07, 6.45) is 0. The van der Waals surface area contributed by atoms with Gasteiger partial charge in [0.1, 0.15) is 6.54 Å². The summed E-state index contributed by atoms with van der Waals surface area (Å²) in [5, 5.41) is 2.83. The fraction of sp³-hybridized carbons (Fsp3) is 0.286. The third-order valence-corrected chi connectivity index (χ3v) is 4.25. The van der Waals surface area contributed by atoms with Gasteiger partial charge in [-0.3, -0.25) is 9.59 Å². The number of esters is 1. The summed E-state index contributed by atoms with van der Waals surface area (Å²) in [7, 11) is 0. The summed E-state index contributed by atoms with van der Waals surface area (Å²) in [5.74, 6) is -1.23. The maximum Gasteiger partial charge on any atom is 0.340 e. The molecule has 0 aliphatic carbocycles. The topological polar surface area (TPSA) is 75.7 Å². The van der Waals surface area contributed by atoms with Gasteiger partial charge in [-0.05, 0) is 50.1 Å². The van der Waals surface area contributed by atoms with E-state index in [1.165, 1.54) is 11.8 Å². The van der Waals surface area contributed by atoms with Crippen LogP contribution in [0.15, 0.2) is 42.5 Å². The van der Waals surface area contributed by atoms with Crippen LogP contribution in [-0.2, 0) is 14.3 Å². The van der Waals surface area contributed by atoms with Crippen molar-refractivity contribution in [1.82, 2.24) is 0 Å². The molecule has 0 radical (unpaired) electrons. The molecule has 0 aliphatic heterocycles. The van der Waals surface area contributed by atoms with E-state index in [0.29, 0.717) is 11.4 Å². The predicted octanol–water partition coefficient (Wildman–Crippen LogP) is 3.47. The van der Waals surface area contributed by atoms with Crippen LogP contribution in [0.2, 0.25) is 0 Å². The molecule has 0 spiro atoms. The molecular weight excluding hydrogens is 344 g/mol. The van der Waals surface area contributed by atoms with Gasteiger partial charge in [-0.25, -0.2) is 4.79 Å². The van der Waals surface area contributed by atoms with E-state index < -0.39 is 5.97 Å². The molecule has 1 N–H and O–H groups in total. The van der Waals surface area contributed by atoms with Crippen LogP contribution < -0.4 is 10.2 Å². The van der Waals surface area contributed by atoms with Crippen molar-refractivity contribution in [2.45, 2.75) is 27.7 Å². The Balaban J connectivity index is 2.26. The van der Waals surface area contributed by atoms with Gasteiger partial charge < -0.3 is 15.0 Å². The smallest absolute Gasteiger partial charge is 0.340 e. The van der Waals surface area contributed by atoms with E-state index in [2.05, 4.69) is 5.32 Å². The SMILES string of the molecule is CCOC(=O)c1ccccc1N(CC(=O)Nc1cccc(C)c1C)C(C)=O. The van der Waals surface area contributed by atoms with Crippen LogP contribution >= 0.6 is 0 Å². The Morgan fingerprint density at radius 1 is 1.04 bits per heavy atom. The second-order valence-corrected chi connectivity index (χ2v) is 6.14. The lowest BCUT2D eigenvalue weighted by Crippen LogP contribution is -2.37. The zero-order valence-electron chi connectivity index (χ0n) is 16.0. The highest BCUT2D eigenvalue weighted by Gasteiger charge is 2.22. The fourth-order valence-electron chi connectivity index (χ4n) is 2.68. The first-order valence-corrected chi connectivity index (χ1v) is 8.75. The normalized spacial score (nSPS) is 10.2. The molecule has 0 saturated carbocycles. The standard InChI is InChI=1S/C21H24N2O4/c1-5-27-21(26)17-10-6-7-12-19(17)23(16(4)24)13-20(25)22-18-11-8-9-14(2)15(18)3/h6-12H,5,13H2,1-4H3,(H,22,25). The van der Waals surface area contributed by atoms with Crippen LogP contribution in [0.25, 0.3) is 0 Å². The lowest BCUT2D eigenvalue weighted by molar-refractivity contribution is -0.120. The van der Waals surface area contributed by atoms with E-state index in [0.717, 1.165) is 11.1 Å². The summed E-state index contributed by atoms with van der Waals surface area (Å²) < 4.78 is 5.05. The third kappa shape index (κ3) is 4.94. The second kappa shape index (κ2) is 8.98. The van der Waals surface area contributed by atoms with E-state index in [-0.39, 0.29) is 30.5 Å². The lowest BCUT2D eigenvalue weighted by Gasteiger charge is -2.23. The van der Waals surface area contributed by atoms with Gasteiger partial charge in [0, 0.05) is 12.6 Å². The Labute approximate surface area is 159 Å². The molecule has 0 unspecified atom stereocenters. The number of rotatable bonds is 6. The molecule has 0 saturated heterocycles. The summed E-state index contributed by atoms with van der Waals surface area (Å²) in [6, 6.07) is 12.2. The predicted molar refractivity (Wildman–Crippen MR) is 105 cm³/mol. The molecule has 142 valence electrons. The zero-order chi connectivity index (χ0) is 20.0. The van der Waals surface area contributed by atoms with Gasteiger partial charge >= 0.3 is 5.97 Å². The number of benzene rings is 2. The monoisotopic (exact) mass is 368 g/mol. The fourth-order valence-corrected chi connectivity index (χ4v) is 2.68. The number of aryl methyl sites for hydroxylation is 1. The van der Waals surface area contributed by atoms with Crippen LogP contribution in [0.4, 0.5) is 11.4 Å². The summed E-state index contributed by atoms with van der Waals surface area (Å²) in [6.45, 7) is 6.96. The van der Waals surface area contributed by atoms with Crippen LogP contribution in [0.3, 0.4) is 0 Å². The number of anilines is 2. The lowest BCUT2D eigenvalue weighted by atomic mass is 10.1. The van der Waals surface area contributed by atoms with Gasteiger partial charge in [0.05, 0.1) is 17.9 Å². The molecule has 6 nitrogen and oxygen atoms in total. The van der Waals surface area contributed by atoms with Crippen molar-refractivity contribution in [3.63, 3.8) is 0 Å². The van der Waals surface area contributed by atoms with E-state index >= 15 is 0 Å². The quantitative estimate of drug-likeness (QED) is 0.792. The first kappa shape index (κ1) is 20.2. The van der Waals surface area contributed by atoms with Crippen LogP contribution in [0, 0.1) is 13.8 Å². The van der Waals surface area contributed by atoms with E-state index in [1.807, 2.05) is 32.0 Å². The number of nitrogens with zero attached hydrogens (tertiary/aromatic N) is 1. The van der Waals surface area contributed by atoms with Crippen molar-refractivity contribution in [3.8, 4) is 0 Å². The third-order valence-electron chi connectivity index (χ3n) is 4.25. The number of hydrogen-bond acceptors (Lipinski definition) is 4. The van der Waals surface area contributed by atoms with Crippen LogP contribution in [-0.4, -0.2) is 30.9 Å². The van der Waals surface area contributed by atoms with E-state index in [9.17, 15) is 14.4 Å². The Bertz CT molecular complexity index is 861. The van der Waals surface area contributed by atoms with Crippen molar-refractivity contribution >= 4 is 29.2 Å². The highest BCUT2D eigenvalue weighted by atomic mass is 16.5. The van der Waals surface area contributed by atoms with Crippen molar-refractivity contribution in [2.75, 3.05) is 23.4 Å². The van der Waals surface area contributed by atoms with E-state index in [1.54, 1.807) is 31.2 Å². The van der Waals surface area contributed by atoms with Gasteiger partial charge in [-0.2, -0.15) is 0 Å². The molecular formula is C21H24N2O4. The number of hydrogen-bond donors (Lipinski definition) is 1. The van der Waals surface area contributed by atoms with E-state index in [4.69, 9.17) is 4.74 Å². The maximum absolute atomic E-state index is 12.5. The molecule has 2 aromatic carbocycles. The van der Waals surface area contributed by atoms with Crippen molar-refractivity contribution < 1.29 is 19.1 Å². The number of carbonyl (C=O) groups is 3. The summed E-state index contributed by atoms with van der Waals surface area (Å²) in [4.78, 5) is 38.2. The highest BCUT2D eigenvalue weighted by Crippen LogP contribution is 2.22. The number of nitrogens with one attached hydrogen (secondary N) is 1. The molecule has 2 rings (SSSR count). The largest absolute Gasteiger partial charge is 0.462 e. The number of para-hydroxylation sites is 1. The van der Waals surface area contributed by atoms with Gasteiger partial charge in [0.25, 0.3) is 0 Å². The Morgan fingerprint density at radius 3 is 2.41 bits per heavy atom. The minimum atomic E-state index is -0.533.